The largest absolute Gasteiger partial charge is 0.511 e. The second-order valence-corrected chi connectivity index (χ2v) is 7.97. The molecule has 0 aliphatic rings. The van der Waals surface area contributed by atoms with Crippen LogP contribution in [0, 0.1) is 0 Å². The number of carboxylic acid groups (broad SMARTS) is 1. The maximum Gasteiger partial charge on any atom is 0.511 e. The number of aromatic nitrogens is 1. The summed E-state index contributed by atoms with van der Waals surface area (Å²) >= 11 is 0. The lowest BCUT2D eigenvalue weighted by Gasteiger charge is -2.10. The van der Waals surface area contributed by atoms with Crippen LogP contribution in [-0.4, -0.2) is 52.6 Å². The number of likely N-dealkylation sites (N-methyl/N-ethyl adjacent to an activating group) is 1. The minimum Gasteiger partial charge on any atom is -0.494 e. The Morgan fingerprint density at radius 3 is 2.42 bits per heavy atom. The highest BCUT2D eigenvalue weighted by Gasteiger charge is 2.19. The van der Waals surface area contributed by atoms with Crippen LogP contribution in [-0.2, 0) is 6.42 Å². The summed E-state index contributed by atoms with van der Waals surface area (Å²) in [5.41, 5.74) is 4.46. The number of hydrogen-bond donors (Lipinski definition) is 3. The summed E-state index contributed by atoms with van der Waals surface area (Å²) in [6, 6.07) is 22.4. The first-order valence-electron chi connectivity index (χ1n) is 10.5. The lowest BCUT2D eigenvalue weighted by atomic mass is 10.0. The van der Waals surface area contributed by atoms with E-state index in [-0.39, 0.29) is 11.6 Å². The van der Waals surface area contributed by atoms with E-state index in [0.29, 0.717) is 22.2 Å². The number of hydrogen-bond acceptors (Lipinski definition) is 5. The molecule has 0 atom stereocenters. The topological polar surface area (TPSA) is 98.1 Å². The number of nitrogens with one attached hydrogen (secondary N) is 1. The van der Waals surface area contributed by atoms with Gasteiger partial charge in [0, 0.05) is 23.0 Å². The summed E-state index contributed by atoms with van der Waals surface area (Å²) in [5, 5.41) is 20.4. The molecule has 3 N–H and O–H groups in total. The molecule has 0 aliphatic heterocycles. The number of carbonyl (C=O) groups is 1. The molecule has 3 aromatic carbocycles. The van der Waals surface area contributed by atoms with Gasteiger partial charge in [0.05, 0.1) is 17.0 Å². The molecule has 0 fully saturated rings. The van der Waals surface area contributed by atoms with E-state index in [1.807, 2.05) is 56.6 Å². The van der Waals surface area contributed by atoms with Gasteiger partial charge in [-0.25, -0.2) is 9.79 Å². The van der Waals surface area contributed by atoms with Gasteiger partial charge in [-0.3, -0.25) is 0 Å². The fraction of sp³-hybridized carbons (Fsp3) is 0.154. The van der Waals surface area contributed by atoms with E-state index in [1.54, 1.807) is 12.1 Å². The van der Waals surface area contributed by atoms with Crippen LogP contribution in [0.4, 0.5) is 10.5 Å². The summed E-state index contributed by atoms with van der Waals surface area (Å²) in [7, 11) is 4.09. The van der Waals surface area contributed by atoms with E-state index in [0.717, 1.165) is 24.2 Å². The molecule has 33 heavy (non-hydrogen) atoms. The molecule has 4 rings (SSSR count). The molecular formula is C26H25N3O4. The van der Waals surface area contributed by atoms with E-state index in [4.69, 9.17) is 14.8 Å². The summed E-state index contributed by atoms with van der Waals surface area (Å²) in [6.07, 6.45) is -0.458. The van der Waals surface area contributed by atoms with Crippen LogP contribution in [0.5, 0.6) is 11.6 Å². The predicted molar refractivity (Wildman–Crippen MR) is 129 cm³/mol. The standard InChI is InChI=1S/C26H25N3O4/c1-29(2)15-14-17-8-10-19(11-9-17)27-24(18-6-4-3-5-7-18)23-21-16-20(33-26(31)32)12-13-22(21)28-25(23)30/h3-13,16,28,30H,14-15H2,1-2H3,(H,31,32). The van der Waals surface area contributed by atoms with Gasteiger partial charge >= 0.3 is 6.16 Å². The smallest absolute Gasteiger partial charge is 0.494 e. The summed E-state index contributed by atoms with van der Waals surface area (Å²) in [4.78, 5) is 21.0. The Labute approximate surface area is 191 Å². The van der Waals surface area contributed by atoms with Gasteiger partial charge < -0.3 is 24.8 Å². The lowest BCUT2D eigenvalue weighted by Crippen LogP contribution is -2.14. The lowest BCUT2D eigenvalue weighted by molar-refractivity contribution is 0.144. The Morgan fingerprint density at radius 1 is 1.03 bits per heavy atom. The Kier molecular flexibility index (Phi) is 6.42. The van der Waals surface area contributed by atoms with Gasteiger partial charge in [0.15, 0.2) is 5.88 Å². The van der Waals surface area contributed by atoms with Gasteiger partial charge in [-0.1, -0.05) is 42.5 Å². The van der Waals surface area contributed by atoms with Crippen molar-refractivity contribution in [2.45, 2.75) is 6.42 Å². The van der Waals surface area contributed by atoms with Gasteiger partial charge in [0.25, 0.3) is 0 Å². The second-order valence-electron chi connectivity index (χ2n) is 7.97. The molecule has 0 amide bonds. The highest BCUT2D eigenvalue weighted by molar-refractivity contribution is 6.22. The summed E-state index contributed by atoms with van der Waals surface area (Å²) in [6.45, 7) is 0.960. The number of rotatable bonds is 7. The van der Waals surface area contributed by atoms with Crippen LogP contribution < -0.4 is 4.74 Å². The molecule has 168 valence electrons. The van der Waals surface area contributed by atoms with Gasteiger partial charge in [0.2, 0.25) is 0 Å². The van der Waals surface area contributed by atoms with E-state index in [2.05, 4.69) is 22.0 Å². The number of nitrogens with zero attached hydrogens (tertiary/aromatic N) is 2. The zero-order chi connectivity index (χ0) is 23.4. The first-order chi connectivity index (χ1) is 15.9. The molecule has 1 aromatic heterocycles. The van der Waals surface area contributed by atoms with Crippen molar-refractivity contribution in [1.29, 1.82) is 0 Å². The normalized spacial score (nSPS) is 11.8. The number of aromatic hydroxyl groups is 1. The zero-order valence-electron chi connectivity index (χ0n) is 18.4. The molecule has 4 aromatic rings. The third-order valence-corrected chi connectivity index (χ3v) is 5.26. The summed E-state index contributed by atoms with van der Waals surface area (Å²) in [5.74, 6) is 0.107. The fourth-order valence-electron chi connectivity index (χ4n) is 3.64. The predicted octanol–water partition coefficient (Wildman–Crippen LogP) is 5.20. The Hall–Kier alpha value is -4.10. The number of fused-ring (bicyclic) bond motifs is 1. The summed E-state index contributed by atoms with van der Waals surface area (Å²) < 4.78 is 4.82. The minimum atomic E-state index is -1.40. The maximum absolute atomic E-state index is 11.0. The molecule has 7 heteroatoms. The fourth-order valence-corrected chi connectivity index (χ4v) is 3.64. The molecular weight excluding hydrogens is 418 g/mol. The highest BCUT2D eigenvalue weighted by Crippen LogP contribution is 2.33. The van der Waals surface area contributed by atoms with Crippen molar-refractivity contribution in [1.82, 2.24) is 9.88 Å². The van der Waals surface area contributed by atoms with Crippen molar-refractivity contribution in [3.05, 3.63) is 89.5 Å². The van der Waals surface area contributed by atoms with Gasteiger partial charge in [0.1, 0.15) is 5.75 Å². The van der Waals surface area contributed by atoms with Gasteiger partial charge in [-0.2, -0.15) is 0 Å². The average molecular weight is 444 g/mol. The molecule has 1 heterocycles. The SMILES string of the molecule is CN(C)CCc1ccc(N=C(c2ccccc2)c2c(O)[nH]c3ccc(OC(=O)O)cc23)cc1. The van der Waals surface area contributed by atoms with E-state index < -0.39 is 6.16 Å². The van der Waals surface area contributed by atoms with Crippen molar-refractivity contribution >= 4 is 28.5 Å². The molecule has 0 saturated carbocycles. The van der Waals surface area contributed by atoms with Crippen molar-refractivity contribution in [2.75, 3.05) is 20.6 Å². The van der Waals surface area contributed by atoms with Crippen molar-refractivity contribution in [3.8, 4) is 11.6 Å². The van der Waals surface area contributed by atoms with Crippen LogP contribution in [0.3, 0.4) is 0 Å². The van der Waals surface area contributed by atoms with Crippen LogP contribution in [0.2, 0.25) is 0 Å². The van der Waals surface area contributed by atoms with E-state index in [9.17, 15) is 9.90 Å². The molecule has 0 aliphatic carbocycles. The molecule has 0 radical (unpaired) electrons. The third kappa shape index (κ3) is 5.22. The molecule has 0 unspecified atom stereocenters. The average Bonchev–Trinajstić information content (AvgIpc) is 3.12. The van der Waals surface area contributed by atoms with Crippen LogP contribution in [0.25, 0.3) is 10.9 Å². The number of ether oxygens (including phenoxy) is 1. The van der Waals surface area contributed by atoms with Crippen LogP contribution >= 0.6 is 0 Å². The zero-order valence-corrected chi connectivity index (χ0v) is 18.4. The molecule has 0 bridgehead atoms. The Morgan fingerprint density at radius 2 is 1.76 bits per heavy atom. The molecule has 0 saturated heterocycles. The van der Waals surface area contributed by atoms with E-state index in [1.165, 1.54) is 11.6 Å². The quantitative estimate of drug-likeness (QED) is 0.207. The maximum atomic E-state index is 11.0. The number of H-pyrrole nitrogens is 1. The van der Waals surface area contributed by atoms with Crippen LogP contribution in [0.15, 0.2) is 77.8 Å². The first kappa shape index (κ1) is 22.1. The monoisotopic (exact) mass is 443 g/mol. The third-order valence-electron chi connectivity index (χ3n) is 5.26. The first-order valence-corrected chi connectivity index (χ1v) is 10.5. The van der Waals surface area contributed by atoms with Crippen molar-refractivity contribution in [2.24, 2.45) is 4.99 Å². The van der Waals surface area contributed by atoms with Crippen molar-refractivity contribution < 1.29 is 19.7 Å². The van der Waals surface area contributed by atoms with Gasteiger partial charge in [-0.05, 0) is 56.4 Å². The van der Waals surface area contributed by atoms with Gasteiger partial charge in [-0.15, -0.1) is 0 Å². The Bertz CT molecular complexity index is 1290. The van der Waals surface area contributed by atoms with Crippen LogP contribution in [0.1, 0.15) is 16.7 Å². The molecule has 0 spiro atoms. The second kappa shape index (κ2) is 9.58. The molecule has 7 nitrogen and oxygen atoms in total. The number of benzene rings is 3. The van der Waals surface area contributed by atoms with E-state index >= 15 is 0 Å². The minimum absolute atomic E-state index is 0.0531. The van der Waals surface area contributed by atoms with Crippen molar-refractivity contribution in [3.63, 3.8) is 0 Å². The number of aliphatic imine (C=N–C) groups is 1. The number of aromatic amines is 1. The highest BCUT2D eigenvalue weighted by atomic mass is 16.7. The Balaban J connectivity index is 1.81.